The van der Waals surface area contributed by atoms with E-state index < -0.39 is 0 Å². The van der Waals surface area contributed by atoms with E-state index in [1.165, 1.54) is 5.56 Å². The lowest BCUT2D eigenvalue weighted by Gasteiger charge is -2.12. The number of hydrogen-bond acceptors (Lipinski definition) is 4. The van der Waals surface area contributed by atoms with Gasteiger partial charge in [-0.25, -0.2) is 0 Å². The summed E-state index contributed by atoms with van der Waals surface area (Å²) in [7, 11) is 0. The van der Waals surface area contributed by atoms with Crippen molar-refractivity contribution in [3.05, 3.63) is 120 Å². The lowest BCUT2D eigenvalue weighted by atomic mass is 10.1. The van der Waals surface area contributed by atoms with Crippen LogP contribution in [-0.4, -0.2) is 10.9 Å². The van der Waals surface area contributed by atoms with Crippen molar-refractivity contribution in [3.63, 3.8) is 0 Å². The number of nitrogens with one attached hydrogen (secondary N) is 3. The van der Waals surface area contributed by atoms with Gasteiger partial charge >= 0.3 is 0 Å². The molecule has 0 unspecified atom stereocenters. The lowest BCUT2D eigenvalue weighted by molar-refractivity contribution is 0.102. The second-order valence-electron chi connectivity index (χ2n) is 8.11. The summed E-state index contributed by atoms with van der Waals surface area (Å²) >= 11 is 0. The maximum Gasteiger partial charge on any atom is 0.255 e. The van der Waals surface area contributed by atoms with Crippen LogP contribution >= 0.6 is 0 Å². The van der Waals surface area contributed by atoms with E-state index in [0.29, 0.717) is 5.56 Å². The molecule has 5 nitrogen and oxygen atoms in total. The molecule has 0 aliphatic carbocycles. The van der Waals surface area contributed by atoms with Gasteiger partial charge in [0.25, 0.3) is 5.91 Å². The molecule has 5 rings (SSSR count). The maximum atomic E-state index is 13.0. The van der Waals surface area contributed by atoms with E-state index in [2.05, 4.69) is 40.0 Å². The molecule has 0 atom stereocenters. The highest BCUT2D eigenvalue weighted by molar-refractivity contribution is 6.05. The molecule has 4 aromatic carbocycles. The molecule has 5 aromatic rings. The number of hydrogen-bond donors (Lipinski definition) is 3. The maximum absolute atomic E-state index is 13.0. The van der Waals surface area contributed by atoms with E-state index in [-0.39, 0.29) is 5.91 Å². The number of carbonyl (C=O) groups is 1. The summed E-state index contributed by atoms with van der Waals surface area (Å²) in [5, 5.41) is 10.8. The minimum Gasteiger partial charge on any atom is -0.355 e. The smallest absolute Gasteiger partial charge is 0.255 e. The lowest BCUT2D eigenvalue weighted by Crippen LogP contribution is -2.12. The van der Waals surface area contributed by atoms with E-state index in [0.717, 1.165) is 39.3 Å². The summed E-state index contributed by atoms with van der Waals surface area (Å²) in [6.45, 7) is 2.06. The van der Waals surface area contributed by atoms with Crippen LogP contribution < -0.4 is 16.0 Å². The van der Waals surface area contributed by atoms with Crippen molar-refractivity contribution >= 4 is 45.2 Å². The first-order valence-corrected chi connectivity index (χ1v) is 11.1. The molecule has 166 valence electrons. The Hall–Kier alpha value is -4.64. The van der Waals surface area contributed by atoms with Gasteiger partial charge < -0.3 is 16.0 Å². The zero-order valence-electron chi connectivity index (χ0n) is 18.7. The van der Waals surface area contributed by atoms with Crippen LogP contribution in [0.5, 0.6) is 0 Å². The van der Waals surface area contributed by atoms with Crippen LogP contribution in [0, 0.1) is 6.92 Å². The Morgan fingerprint density at radius 1 is 0.676 bits per heavy atom. The molecule has 3 N–H and O–H groups in total. The SMILES string of the molecule is Cc1ccc2nccc(Nc3cccc(C(=O)Nc4cccc(Nc5ccccc5)c4)c3)c2c1. The minimum atomic E-state index is -0.170. The number of anilines is 5. The molecule has 34 heavy (non-hydrogen) atoms. The predicted molar refractivity (Wildman–Crippen MR) is 140 cm³/mol. The highest BCUT2D eigenvalue weighted by Crippen LogP contribution is 2.27. The summed E-state index contributed by atoms with van der Waals surface area (Å²) in [4.78, 5) is 17.4. The van der Waals surface area contributed by atoms with Gasteiger partial charge in [0.05, 0.1) is 5.52 Å². The Kier molecular flexibility index (Phi) is 5.91. The number of rotatable bonds is 6. The van der Waals surface area contributed by atoms with Crippen LogP contribution in [-0.2, 0) is 0 Å². The molecule has 1 heterocycles. The Morgan fingerprint density at radius 3 is 2.26 bits per heavy atom. The molecule has 1 aromatic heterocycles. The zero-order chi connectivity index (χ0) is 23.3. The van der Waals surface area contributed by atoms with Crippen LogP contribution in [0.4, 0.5) is 28.4 Å². The Labute approximate surface area is 198 Å². The normalized spacial score (nSPS) is 10.6. The number of pyridine rings is 1. The van der Waals surface area contributed by atoms with Gasteiger partial charge in [0, 0.05) is 45.6 Å². The third-order valence-corrected chi connectivity index (χ3v) is 5.48. The molecule has 0 aliphatic rings. The number of carbonyl (C=O) groups excluding carboxylic acids is 1. The minimum absolute atomic E-state index is 0.170. The van der Waals surface area contributed by atoms with Crippen molar-refractivity contribution in [2.75, 3.05) is 16.0 Å². The van der Waals surface area contributed by atoms with Gasteiger partial charge in [0.15, 0.2) is 0 Å². The number of amides is 1. The fourth-order valence-corrected chi connectivity index (χ4v) is 3.83. The summed E-state index contributed by atoms with van der Waals surface area (Å²) in [5.41, 5.74) is 7.06. The Bertz CT molecular complexity index is 1460. The fourth-order valence-electron chi connectivity index (χ4n) is 3.83. The van der Waals surface area contributed by atoms with Crippen molar-refractivity contribution in [2.24, 2.45) is 0 Å². The molecule has 5 heteroatoms. The molecular formula is C29H24N4O. The van der Waals surface area contributed by atoms with Crippen LogP contribution in [0.25, 0.3) is 10.9 Å². The second-order valence-corrected chi connectivity index (χ2v) is 8.11. The summed E-state index contributed by atoms with van der Waals surface area (Å²) < 4.78 is 0. The van der Waals surface area contributed by atoms with Crippen LogP contribution in [0.2, 0.25) is 0 Å². The van der Waals surface area contributed by atoms with Gasteiger partial charge in [-0.3, -0.25) is 9.78 Å². The molecular weight excluding hydrogens is 420 g/mol. The van der Waals surface area contributed by atoms with Crippen molar-refractivity contribution < 1.29 is 4.79 Å². The summed E-state index contributed by atoms with van der Waals surface area (Å²) in [5.74, 6) is -0.170. The topological polar surface area (TPSA) is 66.0 Å². The van der Waals surface area contributed by atoms with Crippen molar-refractivity contribution in [2.45, 2.75) is 6.92 Å². The van der Waals surface area contributed by atoms with Gasteiger partial charge in [-0.1, -0.05) is 42.0 Å². The first-order chi connectivity index (χ1) is 16.6. The molecule has 0 spiro atoms. The quantitative estimate of drug-likeness (QED) is 0.257. The zero-order valence-corrected chi connectivity index (χ0v) is 18.7. The number of benzene rings is 4. The summed E-state index contributed by atoms with van der Waals surface area (Å²) in [6.07, 6.45) is 1.78. The molecule has 0 radical (unpaired) electrons. The molecule has 0 saturated heterocycles. The monoisotopic (exact) mass is 444 g/mol. The highest BCUT2D eigenvalue weighted by atomic mass is 16.1. The predicted octanol–water partition coefficient (Wildman–Crippen LogP) is 7.28. The van der Waals surface area contributed by atoms with E-state index in [1.807, 2.05) is 84.9 Å². The third kappa shape index (κ3) is 4.89. The van der Waals surface area contributed by atoms with Crippen LogP contribution in [0.3, 0.4) is 0 Å². The Balaban J connectivity index is 1.33. The number of nitrogens with zero attached hydrogens (tertiary/aromatic N) is 1. The number of fused-ring (bicyclic) bond motifs is 1. The van der Waals surface area contributed by atoms with E-state index in [4.69, 9.17) is 0 Å². The van der Waals surface area contributed by atoms with Crippen LogP contribution in [0.1, 0.15) is 15.9 Å². The van der Waals surface area contributed by atoms with Gasteiger partial charge in [0.1, 0.15) is 0 Å². The average molecular weight is 445 g/mol. The third-order valence-electron chi connectivity index (χ3n) is 5.48. The molecule has 1 amide bonds. The standard InChI is InChI=1S/C29H24N4O/c1-20-13-14-27-26(17-20)28(15-16-30-27)32-23-10-5-7-21(18-23)29(34)33-25-12-6-11-24(19-25)31-22-8-3-2-4-9-22/h2-19,31H,1H3,(H,30,32)(H,33,34). The largest absolute Gasteiger partial charge is 0.355 e. The van der Waals surface area contributed by atoms with Crippen molar-refractivity contribution in [1.29, 1.82) is 0 Å². The first kappa shape index (κ1) is 21.2. The molecule has 0 saturated carbocycles. The Morgan fingerprint density at radius 2 is 1.41 bits per heavy atom. The van der Waals surface area contributed by atoms with Gasteiger partial charge in [-0.05, 0) is 73.7 Å². The van der Waals surface area contributed by atoms with E-state index in [9.17, 15) is 4.79 Å². The number of para-hydroxylation sites is 1. The van der Waals surface area contributed by atoms with Crippen molar-refractivity contribution in [3.8, 4) is 0 Å². The fraction of sp³-hybridized carbons (Fsp3) is 0.0345. The highest BCUT2D eigenvalue weighted by Gasteiger charge is 2.09. The molecule has 0 bridgehead atoms. The second kappa shape index (κ2) is 9.46. The summed E-state index contributed by atoms with van der Waals surface area (Å²) in [6, 6.07) is 33.2. The average Bonchev–Trinajstić information content (AvgIpc) is 2.85. The molecule has 0 fully saturated rings. The number of aromatic nitrogens is 1. The van der Waals surface area contributed by atoms with Gasteiger partial charge in [-0.2, -0.15) is 0 Å². The van der Waals surface area contributed by atoms with Crippen LogP contribution in [0.15, 0.2) is 109 Å². The number of aryl methyl sites for hydroxylation is 1. The molecule has 0 aliphatic heterocycles. The van der Waals surface area contributed by atoms with E-state index in [1.54, 1.807) is 12.3 Å². The van der Waals surface area contributed by atoms with E-state index >= 15 is 0 Å². The van der Waals surface area contributed by atoms with Gasteiger partial charge in [0.2, 0.25) is 0 Å². The van der Waals surface area contributed by atoms with Gasteiger partial charge in [-0.15, -0.1) is 0 Å². The van der Waals surface area contributed by atoms with Crippen molar-refractivity contribution in [1.82, 2.24) is 4.98 Å². The first-order valence-electron chi connectivity index (χ1n) is 11.1.